The van der Waals surface area contributed by atoms with Gasteiger partial charge in [-0.25, -0.2) is 0 Å². The number of nitrogens with zero attached hydrogens (tertiary/aromatic N) is 1. The lowest BCUT2D eigenvalue weighted by Gasteiger charge is -2.42. The van der Waals surface area contributed by atoms with E-state index in [1.807, 2.05) is 0 Å². The molecule has 1 heterocycles. The molecule has 3 unspecified atom stereocenters. The van der Waals surface area contributed by atoms with Crippen LogP contribution >= 0.6 is 0 Å². The Morgan fingerprint density at radius 3 is 2.72 bits per heavy atom. The summed E-state index contributed by atoms with van der Waals surface area (Å²) in [4.78, 5) is 13.9. The zero-order chi connectivity index (χ0) is 13.8. The molecule has 0 bridgehead atoms. The molecule has 1 aliphatic heterocycles. The number of hydrogen-bond acceptors (Lipinski definition) is 3. The van der Waals surface area contributed by atoms with Gasteiger partial charge in [0.1, 0.15) is 0 Å². The van der Waals surface area contributed by atoms with E-state index in [2.05, 4.69) is 18.7 Å². The van der Waals surface area contributed by atoms with Gasteiger partial charge in [0.15, 0.2) is 0 Å². The van der Waals surface area contributed by atoms with Crippen LogP contribution in [0.4, 0.5) is 0 Å². The predicted octanol–water partition coefficient (Wildman–Crippen LogP) is 1.62. The third kappa shape index (κ3) is 3.95. The Kier molecular flexibility index (Phi) is 5.60. The molecule has 0 aromatic heterocycles. The van der Waals surface area contributed by atoms with Crippen LogP contribution in [-0.2, 0) is 4.79 Å². The Labute approximate surface area is 111 Å². The van der Waals surface area contributed by atoms with Gasteiger partial charge in [0.2, 0.25) is 5.91 Å². The molecule has 4 N–H and O–H groups in total. The van der Waals surface area contributed by atoms with Crippen LogP contribution in [0, 0.1) is 0 Å². The summed E-state index contributed by atoms with van der Waals surface area (Å²) in [6.07, 6.45) is 6.94. The number of carbonyl (C=O) groups excluding carboxylic acids is 1. The lowest BCUT2D eigenvalue weighted by Crippen LogP contribution is -2.55. The zero-order valence-electron chi connectivity index (χ0n) is 12.1. The van der Waals surface area contributed by atoms with Crippen LogP contribution in [0.2, 0.25) is 0 Å². The summed E-state index contributed by atoms with van der Waals surface area (Å²) >= 11 is 0. The molecule has 4 heteroatoms. The maximum absolute atomic E-state index is 11.3. The zero-order valence-corrected chi connectivity index (χ0v) is 12.1. The smallest absolute Gasteiger partial charge is 0.237 e. The summed E-state index contributed by atoms with van der Waals surface area (Å²) in [6, 6.07) is 0.978. The number of likely N-dealkylation sites (tertiary alicyclic amines) is 1. The molecule has 1 saturated heterocycles. The van der Waals surface area contributed by atoms with Crippen LogP contribution < -0.4 is 11.5 Å². The fourth-order valence-corrected chi connectivity index (χ4v) is 3.08. The predicted molar refractivity (Wildman–Crippen MR) is 75.1 cm³/mol. The number of rotatable bonds is 6. The Hall–Kier alpha value is -0.610. The Balaban J connectivity index is 2.62. The number of amides is 1. The van der Waals surface area contributed by atoms with E-state index in [1.54, 1.807) is 6.92 Å². The topological polar surface area (TPSA) is 72.3 Å². The van der Waals surface area contributed by atoms with E-state index in [0.29, 0.717) is 18.5 Å². The van der Waals surface area contributed by atoms with Gasteiger partial charge in [-0.15, -0.1) is 0 Å². The lowest BCUT2D eigenvalue weighted by atomic mass is 9.90. The summed E-state index contributed by atoms with van der Waals surface area (Å²) in [5.74, 6) is -0.404. The Morgan fingerprint density at radius 1 is 1.50 bits per heavy atom. The number of carbonyl (C=O) groups is 1. The second-order valence-corrected chi connectivity index (χ2v) is 6.01. The highest BCUT2D eigenvalue weighted by molar-refractivity contribution is 5.83. The van der Waals surface area contributed by atoms with Crippen molar-refractivity contribution in [2.75, 3.05) is 6.54 Å². The summed E-state index contributed by atoms with van der Waals surface area (Å²) < 4.78 is 0. The third-order valence-electron chi connectivity index (χ3n) is 4.14. The molecule has 1 amide bonds. The monoisotopic (exact) mass is 255 g/mol. The largest absolute Gasteiger partial charge is 0.368 e. The number of piperidine rings is 1. The molecule has 3 atom stereocenters. The molecule has 4 nitrogen and oxygen atoms in total. The average molecular weight is 255 g/mol. The minimum atomic E-state index is -0.895. The second kappa shape index (κ2) is 6.53. The summed E-state index contributed by atoms with van der Waals surface area (Å²) in [5.41, 5.74) is 10.4. The molecule has 0 spiro atoms. The summed E-state index contributed by atoms with van der Waals surface area (Å²) in [7, 11) is 0. The minimum Gasteiger partial charge on any atom is -0.368 e. The molecule has 1 aliphatic rings. The molecule has 0 radical (unpaired) electrons. The lowest BCUT2D eigenvalue weighted by molar-refractivity contribution is -0.123. The number of primary amides is 1. The van der Waals surface area contributed by atoms with Crippen LogP contribution in [0.1, 0.15) is 59.3 Å². The minimum absolute atomic E-state index is 0.323. The van der Waals surface area contributed by atoms with E-state index in [4.69, 9.17) is 11.5 Å². The summed E-state index contributed by atoms with van der Waals surface area (Å²) in [6.45, 7) is 7.27. The van der Waals surface area contributed by atoms with E-state index in [0.717, 1.165) is 6.54 Å². The molecule has 0 aliphatic carbocycles. The van der Waals surface area contributed by atoms with Crippen LogP contribution in [0.3, 0.4) is 0 Å². The van der Waals surface area contributed by atoms with Crippen molar-refractivity contribution in [3.05, 3.63) is 0 Å². The molecular formula is C14H29N3O. The second-order valence-electron chi connectivity index (χ2n) is 6.01. The fourth-order valence-electron chi connectivity index (χ4n) is 3.08. The summed E-state index contributed by atoms with van der Waals surface area (Å²) in [5, 5.41) is 0. The van der Waals surface area contributed by atoms with Crippen LogP contribution in [-0.4, -0.2) is 35.0 Å². The number of hydrogen-bond donors (Lipinski definition) is 2. The highest BCUT2D eigenvalue weighted by atomic mass is 16.1. The molecule has 1 fully saturated rings. The standard InChI is InChI=1S/C14H29N3O/c1-4-7-12-8-5-6-9-17(12)11(2)10-14(3,16)13(15)18/h11-12H,4-10,16H2,1-3H3,(H2,15,18). The number of nitrogens with two attached hydrogens (primary N) is 2. The molecular weight excluding hydrogens is 226 g/mol. The first kappa shape index (κ1) is 15.4. The Bertz CT molecular complexity index is 276. The molecule has 106 valence electrons. The molecule has 0 aromatic rings. The van der Waals surface area contributed by atoms with E-state index >= 15 is 0 Å². The maximum atomic E-state index is 11.3. The van der Waals surface area contributed by atoms with Gasteiger partial charge in [-0.1, -0.05) is 19.8 Å². The quantitative estimate of drug-likeness (QED) is 0.757. The van der Waals surface area contributed by atoms with Gasteiger partial charge in [-0.2, -0.15) is 0 Å². The third-order valence-corrected chi connectivity index (χ3v) is 4.14. The van der Waals surface area contributed by atoms with Crippen molar-refractivity contribution in [3.63, 3.8) is 0 Å². The van der Waals surface area contributed by atoms with Crippen molar-refractivity contribution in [1.82, 2.24) is 4.90 Å². The van der Waals surface area contributed by atoms with E-state index in [-0.39, 0.29) is 0 Å². The van der Waals surface area contributed by atoms with Gasteiger partial charge in [0, 0.05) is 12.1 Å². The van der Waals surface area contributed by atoms with Gasteiger partial charge in [-0.05, 0) is 46.1 Å². The first-order chi connectivity index (χ1) is 8.38. The van der Waals surface area contributed by atoms with Crippen LogP contribution in [0.15, 0.2) is 0 Å². The highest BCUT2D eigenvalue weighted by Crippen LogP contribution is 2.25. The van der Waals surface area contributed by atoms with Gasteiger partial charge >= 0.3 is 0 Å². The first-order valence-corrected chi connectivity index (χ1v) is 7.23. The fraction of sp³-hybridized carbons (Fsp3) is 0.929. The molecule has 18 heavy (non-hydrogen) atoms. The van der Waals surface area contributed by atoms with E-state index < -0.39 is 11.4 Å². The van der Waals surface area contributed by atoms with Gasteiger partial charge in [0.25, 0.3) is 0 Å². The van der Waals surface area contributed by atoms with Crippen LogP contribution in [0.25, 0.3) is 0 Å². The van der Waals surface area contributed by atoms with E-state index in [9.17, 15) is 4.79 Å². The van der Waals surface area contributed by atoms with E-state index in [1.165, 1.54) is 32.1 Å². The molecule has 1 rings (SSSR count). The first-order valence-electron chi connectivity index (χ1n) is 7.23. The SMILES string of the molecule is CCCC1CCCCN1C(C)CC(C)(N)C(N)=O. The van der Waals surface area contributed by atoms with Crippen LogP contribution in [0.5, 0.6) is 0 Å². The van der Waals surface area contributed by atoms with Crippen molar-refractivity contribution < 1.29 is 4.79 Å². The van der Waals surface area contributed by atoms with Crippen molar-refractivity contribution in [1.29, 1.82) is 0 Å². The van der Waals surface area contributed by atoms with Gasteiger partial charge < -0.3 is 11.5 Å². The van der Waals surface area contributed by atoms with Gasteiger partial charge in [-0.3, -0.25) is 9.69 Å². The van der Waals surface area contributed by atoms with Crippen molar-refractivity contribution in [2.24, 2.45) is 11.5 Å². The van der Waals surface area contributed by atoms with Crippen molar-refractivity contribution in [2.45, 2.75) is 76.9 Å². The Morgan fingerprint density at radius 2 is 2.17 bits per heavy atom. The van der Waals surface area contributed by atoms with Crippen molar-refractivity contribution in [3.8, 4) is 0 Å². The maximum Gasteiger partial charge on any atom is 0.237 e. The average Bonchev–Trinajstić information content (AvgIpc) is 2.29. The normalized spacial score (nSPS) is 26.6. The van der Waals surface area contributed by atoms with Crippen molar-refractivity contribution >= 4 is 5.91 Å². The highest BCUT2D eigenvalue weighted by Gasteiger charge is 2.33. The van der Waals surface area contributed by atoms with Gasteiger partial charge in [0.05, 0.1) is 5.54 Å². The molecule has 0 saturated carbocycles. The molecule has 0 aromatic carbocycles.